The molecule has 2 aromatic rings. The number of anilines is 1. The number of nitrogens with zero attached hydrogens (tertiary/aromatic N) is 2. The summed E-state index contributed by atoms with van der Waals surface area (Å²) in [6, 6.07) is 5.67. The lowest BCUT2D eigenvalue weighted by Gasteiger charge is -2.33. The fraction of sp³-hybridized carbons (Fsp3) is 0.435. The molecule has 3 atom stereocenters. The van der Waals surface area contributed by atoms with Crippen LogP contribution in [0.4, 0.5) is 9.80 Å². The lowest BCUT2D eigenvalue weighted by atomic mass is 9.88. The molecule has 3 N–H and O–H groups in total. The molecule has 0 aromatic carbocycles. The largest absolute Gasteiger partial charge is 0.465 e. The zero-order valence-corrected chi connectivity index (χ0v) is 18.7. The van der Waals surface area contributed by atoms with Crippen LogP contribution in [0, 0.1) is 17.2 Å². The lowest BCUT2D eigenvalue weighted by molar-refractivity contribution is -0.111. The third kappa shape index (κ3) is 5.45. The van der Waals surface area contributed by atoms with Crippen LogP contribution in [-0.2, 0) is 22.4 Å². The van der Waals surface area contributed by atoms with Crippen LogP contribution in [0.25, 0.3) is 6.08 Å². The number of amides is 2. The number of aliphatic hydroxyl groups excluding tert-OH is 2. The van der Waals surface area contributed by atoms with E-state index < -0.39 is 18.3 Å². The van der Waals surface area contributed by atoms with E-state index in [0.717, 1.165) is 16.9 Å². The van der Waals surface area contributed by atoms with Gasteiger partial charge in [-0.05, 0) is 55.4 Å². The van der Waals surface area contributed by atoms with Gasteiger partial charge in [0.1, 0.15) is 16.8 Å². The zero-order chi connectivity index (χ0) is 23.4. The third-order valence-corrected chi connectivity index (χ3v) is 7.07. The van der Waals surface area contributed by atoms with E-state index in [1.54, 1.807) is 18.2 Å². The van der Waals surface area contributed by atoms with Crippen molar-refractivity contribution in [1.82, 2.24) is 4.90 Å². The quantitative estimate of drug-likeness (QED) is 0.570. The summed E-state index contributed by atoms with van der Waals surface area (Å²) in [5.74, 6) is 0.318. The predicted molar refractivity (Wildman–Crippen MR) is 120 cm³/mol. The number of hydrogen-bond donors (Lipinski definition) is 3. The molecule has 1 aliphatic carbocycles. The Morgan fingerprint density at radius 1 is 1.36 bits per heavy atom. The molecule has 3 heterocycles. The van der Waals surface area contributed by atoms with Gasteiger partial charge in [-0.3, -0.25) is 4.79 Å². The maximum absolute atomic E-state index is 12.3. The topological polar surface area (TPSA) is 136 Å². The van der Waals surface area contributed by atoms with Crippen LogP contribution in [0.5, 0.6) is 0 Å². The van der Waals surface area contributed by atoms with Gasteiger partial charge in [0.15, 0.2) is 0 Å². The molecular weight excluding hydrogens is 446 g/mol. The molecule has 0 saturated carbocycles. The minimum Gasteiger partial charge on any atom is -0.465 e. The Kier molecular flexibility index (Phi) is 7.13. The molecule has 174 valence electrons. The molecule has 0 radical (unpaired) electrons. The van der Waals surface area contributed by atoms with Gasteiger partial charge in [0.2, 0.25) is 5.91 Å². The minimum atomic E-state index is -0.957. The van der Waals surface area contributed by atoms with E-state index >= 15 is 0 Å². The molecule has 0 bridgehead atoms. The average Bonchev–Trinajstić information content (AvgIpc) is 3.44. The molecule has 2 aliphatic rings. The number of furan rings is 1. The average molecular weight is 472 g/mol. The number of nitrogens with one attached hydrogen (secondary N) is 1. The van der Waals surface area contributed by atoms with Crippen molar-refractivity contribution < 1.29 is 29.0 Å². The first-order chi connectivity index (χ1) is 15.9. The van der Waals surface area contributed by atoms with Crippen LogP contribution in [0.3, 0.4) is 0 Å². The molecule has 2 amide bonds. The number of thiophene rings is 1. The maximum atomic E-state index is 12.3. The van der Waals surface area contributed by atoms with Gasteiger partial charge in [-0.1, -0.05) is 0 Å². The number of aliphatic hydroxyl groups is 2. The number of nitriles is 1. The Labute approximate surface area is 194 Å². The molecule has 1 aliphatic heterocycles. The second-order valence-electron chi connectivity index (χ2n) is 8.21. The first-order valence-corrected chi connectivity index (χ1v) is 11.6. The first-order valence-electron chi connectivity index (χ1n) is 10.8. The minimum absolute atomic E-state index is 0.0582. The van der Waals surface area contributed by atoms with E-state index in [2.05, 4.69) is 11.4 Å². The highest BCUT2D eigenvalue weighted by molar-refractivity contribution is 7.16. The van der Waals surface area contributed by atoms with Crippen LogP contribution in [0.15, 0.2) is 28.9 Å². The highest BCUT2D eigenvalue weighted by atomic mass is 32.1. The molecular formula is C23H25N3O6S. The Bertz CT molecular complexity index is 1070. The summed E-state index contributed by atoms with van der Waals surface area (Å²) in [5, 5.41) is 32.3. The number of hydrogen-bond acceptors (Lipinski definition) is 8. The van der Waals surface area contributed by atoms with Crippen LogP contribution in [0.2, 0.25) is 0 Å². The smallest absolute Gasteiger partial charge is 0.409 e. The summed E-state index contributed by atoms with van der Waals surface area (Å²) in [6.45, 7) is 0.642. The fourth-order valence-electron chi connectivity index (χ4n) is 4.07. The first kappa shape index (κ1) is 23.0. The van der Waals surface area contributed by atoms with Crippen LogP contribution in [0.1, 0.15) is 34.6 Å². The molecule has 0 spiro atoms. The molecule has 9 nitrogen and oxygen atoms in total. The Morgan fingerprint density at radius 3 is 2.94 bits per heavy atom. The van der Waals surface area contributed by atoms with Gasteiger partial charge in [0.05, 0.1) is 37.2 Å². The third-order valence-electron chi connectivity index (χ3n) is 5.91. The standard InChI is InChI=1S/C23H25N3O6S/c24-11-17-16-5-3-14(13-32-23(30)26-8-7-18(27)19(28)12-26)10-20(16)33-22(17)25-21(29)6-4-15-2-1-9-31-15/h1-2,4,6,9,14,18-19,27-28H,3,5,7-8,10,12-13H2,(H,25,29)/b6-4+. The number of carbonyl (C=O) groups excluding carboxylic acids is 2. The van der Waals surface area contributed by atoms with E-state index in [0.29, 0.717) is 42.1 Å². The van der Waals surface area contributed by atoms with Crippen LogP contribution < -0.4 is 5.32 Å². The van der Waals surface area contributed by atoms with Crippen molar-refractivity contribution in [2.75, 3.05) is 25.0 Å². The van der Waals surface area contributed by atoms with Crippen molar-refractivity contribution in [2.45, 2.75) is 37.9 Å². The molecule has 4 rings (SSSR count). The summed E-state index contributed by atoms with van der Waals surface area (Å²) >= 11 is 1.38. The number of likely N-dealkylation sites (tertiary alicyclic amines) is 1. The van der Waals surface area contributed by atoms with Gasteiger partial charge in [0.25, 0.3) is 0 Å². The fourth-order valence-corrected chi connectivity index (χ4v) is 5.38. The Morgan fingerprint density at radius 2 is 2.21 bits per heavy atom. The van der Waals surface area contributed by atoms with Crippen molar-refractivity contribution in [3.8, 4) is 6.07 Å². The van der Waals surface area contributed by atoms with Crippen molar-refractivity contribution >= 4 is 34.4 Å². The van der Waals surface area contributed by atoms with E-state index in [1.165, 1.54) is 28.6 Å². The summed E-state index contributed by atoms with van der Waals surface area (Å²) in [5.41, 5.74) is 1.44. The molecule has 2 aromatic heterocycles. The monoisotopic (exact) mass is 471 g/mol. The number of carbonyl (C=O) groups is 2. The summed E-state index contributed by atoms with van der Waals surface area (Å²) in [6.07, 6.45) is 4.58. The SMILES string of the molecule is N#Cc1c(NC(=O)/C=C/c2ccco2)sc2c1CCC(COC(=O)N1CCC(O)C(O)C1)C2. The number of piperidine rings is 1. The maximum Gasteiger partial charge on any atom is 0.409 e. The van der Waals surface area contributed by atoms with Crippen LogP contribution in [-0.4, -0.2) is 59.0 Å². The number of fused-ring (bicyclic) bond motifs is 1. The van der Waals surface area contributed by atoms with Gasteiger partial charge in [-0.2, -0.15) is 5.26 Å². The molecule has 1 saturated heterocycles. The van der Waals surface area contributed by atoms with Crippen molar-refractivity contribution in [3.63, 3.8) is 0 Å². The predicted octanol–water partition coefficient (Wildman–Crippen LogP) is 2.53. The number of ether oxygens (including phenoxy) is 1. The van der Waals surface area contributed by atoms with Crippen LogP contribution >= 0.6 is 11.3 Å². The van der Waals surface area contributed by atoms with E-state index in [-0.39, 0.29) is 25.0 Å². The van der Waals surface area contributed by atoms with E-state index in [1.807, 2.05) is 0 Å². The molecule has 33 heavy (non-hydrogen) atoms. The second-order valence-corrected chi connectivity index (χ2v) is 9.32. The zero-order valence-electron chi connectivity index (χ0n) is 17.9. The van der Waals surface area contributed by atoms with E-state index in [4.69, 9.17) is 9.15 Å². The van der Waals surface area contributed by atoms with Gasteiger partial charge in [0, 0.05) is 17.5 Å². The van der Waals surface area contributed by atoms with Crippen molar-refractivity contribution in [3.05, 3.63) is 46.2 Å². The molecule has 10 heteroatoms. The Hall–Kier alpha value is -3.13. The highest BCUT2D eigenvalue weighted by Crippen LogP contribution is 2.39. The van der Waals surface area contributed by atoms with Crippen molar-refractivity contribution in [2.24, 2.45) is 5.92 Å². The normalized spacial score (nSPS) is 22.6. The summed E-state index contributed by atoms with van der Waals surface area (Å²) in [4.78, 5) is 27.0. The lowest BCUT2D eigenvalue weighted by Crippen LogP contribution is -2.49. The van der Waals surface area contributed by atoms with E-state index in [9.17, 15) is 25.1 Å². The highest BCUT2D eigenvalue weighted by Gasteiger charge is 2.31. The second kappa shape index (κ2) is 10.2. The Balaban J connectivity index is 1.34. The van der Waals surface area contributed by atoms with Gasteiger partial charge in [-0.25, -0.2) is 4.79 Å². The number of β-amino-alcohol motifs (C(OH)–C–C–N with tert-alkyl or cyclic N) is 1. The van der Waals surface area contributed by atoms with Gasteiger partial charge < -0.3 is 29.6 Å². The van der Waals surface area contributed by atoms with Gasteiger partial charge >= 0.3 is 6.09 Å². The molecule has 3 unspecified atom stereocenters. The summed E-state index contributed by atoms with van der Waals surface area (Å²) in [7, 11) is 0. The molecule has 1 fully saturated rings. The summed E-state index contributed by atoms with van der Waals surface area (Å²) < 4.78 is 10.6. The van der Waals surface area contributed by atoms with Crippen molar-refractivity contribution in [1.29, 1.82) is 5.26 Å². The number of rotatable bonds is 5. The van der Waals surface area contributed by atoms with Gasteiger partial charge in [-0.15, -0.1) is 11.3 Å².